The Labute approximate surface area is 98.8 Å². The Morgan fingerprint density at radius 3 is 2.65 bits per heavy atom. The van der Waals surface area contributed by atoms with Crippen molar-refractivity contribution in [3.05, 3.63) is 42.5 Å². The summed E-state index contributed by atoms with van der Waals surface area (Å²) in [4.78, 5) is 15.8. The van der Waals surface area contributed by atoms with Crippen molar-refractivity contribution in [3.63, 3.8) is 0 Å². The lowest BCUT2D eigenvalue weighted by Gasteiger charge is -2.10. The lowest BCUT2D eigenvalue weighted by atomic mass is 10.1. The Morgan fingerprint density at radius 1 is 1.24 bits per heavy atom. The second-order valence-corrected chi connectivity index (χ2v) is 3.79. The zero-order valence-electron chi connectivity index (χ0n) is 9.38. The molecule has 0 aliphatic rings. The Morgan fingerprint density at radius 2 is 1.94 bits per heavy atom. The Kier molecular flexibility index (Phi) is 3.25. The minimum atomic E-state index is -0.953. The van der Waals surface area contributed by atoms with Crippen molar-refractivity contribution in [1.82, 2.24) is 5.48 Å². The number of benzene rings is 2. The maximum Gasteiger partial charge on any atom is 0.323 e. The predicted octanol–water partition coefficient (Wildman–Crippen LogP) is 2.20. The number of carbonyl (C=O) groups is 1. The topological polar surface area (TPSA) is 58.6 Å². The van der Waals surface area contributed by atoms with Crippen molar-refractivity contribution in [2.24, 2.45) is 0 Å². The molecule has 0 aliphatic heterocycles. The monoisotopic (exact) mass is 231 g/mol. The Balaban J connectivity index is 2.12. The Hall–Kier alpha value is -2.07. The lowest BCUT2D eigenvalue weighted by Crippen LogP contribution is -2.36. The number of carboxylic acid groups (broad SMARTS) is 1. The van der Waals surface area contributed by atoms with E-state index in [0.29, 0.717) is 5.75 Å². The summed E-state index contributed by atoms with van der Waals surface area (Å²) in [5, 5.41) is 10.9. The normalized spacial score (nSPS) is 12.3. The first-order valence-electron chi connectivity index (χ1n) is 5.31. The third-order valence-electron chi connectivity index (χ3n) is 2.44. The molecule has 0 amide bonds. The fourth-order valence-electron chi connectivity index (χ4n) is 1.44. The van der Waals surface area contributed by atoms with Crippen LogP contribution < -0.4 is 10.3 Å². The van der Waals surface area contributed by atoms with Crippen molar-refractivity contribution in [2.75, 3.05) is 0 Å². The van der Waals surface area contributed by atoms with E-state index in [4.69, 9.17) is 9.94 Å². The summed E-state index contributed by atoms with van der Waals surface area (Å²) < 4.78 is 0. The van der Waals surface area contributed by atoms with Crippen LogP contribution in [0.25, 0.3) is 10.8 Å². The van der Waals surface area contributed by atoms with Gasteiger partial charge in [0.1, 0.15) is 11.8 Å². The zero-order valence-corrected chi connectivity index (χ0v) is 9.38. The number of hydrogen-bond donors (Lipinski definition) is 2. The first kappa shape index (κ1) is 11.4. The predicted molar refractivity (Wildman–Crippen MR) is 64.8 cm³/mol. The number of hydrogen-bond acceptors (Lipinski definition) is 3. The van der Waals surface area contributed by atoms with Crippen LogP contribution >= 0.6 is 0 Å². The van der Waals surface area contributed by atoms with Gasteiger partial charge in [-0.25, -0.2) is 0 Å². The van der Waals surface area contributed by atoms with E-state index in [9.17, 15) is 4.79 Å². The SMILES string of the molecule is C[C@H](NOc1ccc2ccccc2c1)C(=O)O. The van der Waals surface area contributed by atoms with E-state index in [2.05, 4.69) is 5.48 Å². The van der Waals surface area contributed by atoms with Gasteiger partial charge in [0.05, 0.1) is 0 Å². The van der Waals surface area contributed by atoms with Crippen molar-refractivity contribution >= 4 is 16.7 Å². The Bertz CT molecular complexity index is 539. The molecular formula is C13H13NO3. The van der Waals surface area contributed by atoms with E-state index in [1.807, 2.05) is 36.4 Å². The highest BCUT2D eigenvalue weighted by molar-refractivity contribution is 5.83. The van der Waals surface area contributed by atoms with Crippen molar-refractivity contribution in [2.45, 2.75) is 13.0 Å². The molecule has 2 N–H and O–H groups in total. The van der Waals surface area contributed by atoms with Gasteiger partial charge in [-0.05, 0) is 29.8 Å². The minimum Gasteiger partial charge on any atom is -0.480 e. The second-order valence-electron chi connectivity index (χ2n) is 3.79. The van der Waals surface area contributed by atoms with Gasteiger partial charge in [-0.1, -0.05) is 30.3 Å². The van der Waals surface area contributed by atoms with Crippen LogP contribution in [-0.4, -0.2) is 17.1 Å². The van der Waals surface area contributed by atoms with E-state index in [0.717, 1.165) is 10.8 Å². The maximum absolute atomic E-state index is 10.6. The van der Waals surface area contributed by atoms with E-state index >= 15 is 0 Å². The second kappa shape index (κ2) is 4.84. The van der Waals surface area contributed by atoms with Crippen LogP contribution in [0.4, 0.5) is 0 Å². The van der Waals surface area contributed by atoms with Crippen LogP contribution in [0, 0.1) is 0 Å². The average Bonchev–Trinajstić information content (AvgIpc) is 2.35. The molecule has 0 fully saturated rings. The molecule has 17 heavy (non-hydrogen) atoms. The standard InChI is InChI=1S/C13H13NO3/c1-9(13(15)16)14-17-12-7-6-10-4-2-3-5-11(10)8-12/h2-9,14H,1H3,(H,15,16)/t9-/m0/s1. The van der Waals surface area contributed by atoms with Crippen LogP contribution in [-0.2, 0) is 4.79 Å². The van der Waals surface area contributed by atoms with Crippen LogP contribution in [0.2, 0.25) is 0 Å². The summed E-state index contributed by atoms with van der Waals surface area (Å²) in [6.07, 6.45) is 0. The van der Waals surface area contributed by atoms with Crippen LogP contribution in [0.15, 0.2) is 42.5 Å². The fourth-order valence-corrected chi connectivity index (χ4v) is 1.44. The number of nitrogens with one attached hydrogen (secondary N) is 1. The third-order valence-corrected chi connectivity index (χ3v) is 2.44. The smallest absolute Gasteiger partial charge is 0.323 e. The molecule has 4 heteroatoms. The van der Waals surface area contributed by atoms with E-state index in [1.54, 1.807) is 6.07 Å². The summed E-state index contributed by atoms with van der Waals surface area (Å²) in [6, 6.07) is 12.7. The van der Waals surface area contributed by atoms with Gasteiger partial charge in [0, 0.05) is 0 Å². The molecule has 0 aliphatic carbocycles. The molecule has 0 radical (unpaired) electrons. The van der Waals surface area contributed by atoms with Crippen molar-refractivity contribution < 1.29 is 14.7 Å². The molecule has 88 valence electrons. The highest BCUT2D eigenvalue weighted by Gasteiger charge is 2.10. The van der Waals surface area contributed by atoms with E-state index in [-0.39, 0.29) is 0 Å². The van der Waals surface area contributed by atoms with Gasteiger partial charge in [0.2, 0.25) is 0 Å². The van der Waals surface area contributed by atoms with Crippen molar-refractivity contribution in [1.29, 1.82) is 0 Å². The minimum absolute atomic E-state index is 0.594. The molecule has 0 aromatic heterocycles. The summed E-state index contributed by atoms with van der Waals surface area (Å²) in [6.45, 7) is 1.52. The number of fused-ring (bicyclic) bond motifs is 1. The van der Waals surface area contributed by atoms with Gasteiger partial charge < -0.3 is 9.94 Å². The van der Waals surface area contributed by atoms with E-state index < -0.39 is 12.0 Å². The van der Waals surface area contributed by atoms with E-state index in [1.165, 1.54) is 6.92 Å². The molecule has 0 unspecified atom stereocenters. The lowest BCUT2D eigenvalue weighted by molar-refractivity contribution is -0.141. The summed E-state index contributed by atoms with van der Waals surface area (Å²) in [5.41, 5.74) is 2.46. The molecule has 1 atom stereocenters. The summed E-state index contributed by atoms with van der Waals surface area (Å²) in [7, 11) is 0. The molecule has 2 rings (SSSR count). The third kappa shape index (κ3) is 2.73. The largest absolute Gasteiger partial charge is 0.480 e. The average molecular weight is 231 g/mol. The van der Waals surface area contributed by atoms with Gasteiger partial charge in [-0.15, -0.1) is 5.48 Å². The van der Waals surface area contributed by atoms with Gasteiger partial charge in [0.15, 0.2) is 0 Å². The number of carboxylic acids is 1. The highest BCUT2D eigenvalue weighted by atomic mass is 16.6. The highest BCUT2D eigenvalue weighted by Crippen LogP contribution is 2.19. The number of hydroxylamine groups is 1. The van der Waals surface area contributed by atoms with Crippen LogP contribution in [0.3, 0.4) is 0 Å². The fraction of sp³-hybridized carbons (Fsp3) is 0.154. The van der Waals surface area contributed by atoms with Gasteiger partial charge in [-0.2, -0.15) is 0 Å². The van der Waals surface area contributed by atoms with Gasteiger partial charge in [0.25, 0.3) is 0 Å². The first-order chi connectivity index (χ1) is 8.16. The molecule has 0 bridgehead atoms. The van der Waals surface area contributed by atoms with Crippen LogP contribution in [0.1, 0.15) is 6.92 Å². The molecule has 4 nitrogen and oxygen atoms in total. The molecule has 2 aromatic rings. The number of rotatable bonds is 4. The molecule has 0 heterocycles. The zero-order chi connectivity index (χ0) is 12.3. The molecular weight excluding hydrogens is 218 g/mol. The molecule has 0 saturated heterocycles. The number of aliphatic carboxylic acids is 1. The summed E-state index contributed by atoms with van der Waals surface area (Å²) in [5.74, 6) is -0.359. The van der Waals surface area contributed by atoms with Gasteiger partial charge >= 0.3 is 5.97 Å². The summed E-state index contributed by atoms with van der Waals surface area (Å²) >= 11 is 0. The van der Waals surface area contributed by atoms with Crippen LogP contribution in [0.5, 0.6) is 5.75 Å². The molecule has 2 aromatic carbocycles. The first-order valence-corrected chi connectivity index (χ1v) is 5.31. The van der Waals surface area contributed by atoms with Gasteiger partial charge in [-0.3, -0.25) is 4.79 Å². The van der Waals surface area contributed by atoms with Crippen molar-refractivity contribution in [3.8, 4) is 5.75 Å². The quantitative estimate of drug-likeness (QED) is 0.792. The maximum atomic E-state index is 10.6. The molecule has 0 spiro atoms. The molecule has 0 saturated carbocycles.